The summed E-state index contributed by atoms with van der Waals surface area (Å²) in [5.41, 5.74) is -1.54. The topological polar surface area (TPSA) is 12.0 Å². The number of alkyl halides is 2. The van der Waals surface area contributed by atoms with Crippen molar-refractivity contribution in [3.8, 4) is 0 Å². The third-order valence-electron chi connectivity index (χ3n) is 1.98. The van der Waals surface area contributed by atoms with Crippen LogP contribution in [0.2, 0.25) is 0 Å². The van der Waals surface area contributed by atoms with Crippen LogP contribution in [0.5, 0.6) is 0 Å². The predicted molar refractivity (Wildman–Crippen MR) is 36.5 cm³/mol. The number of piperidine rings is 1. The summed E-state index contributed by atoms with van der Waals surface area (Å²) in [5, 5.41) is 3.06. The molecule has 1 saturated heterocycles. The lowest BCUT2D eigenvalue weighted by Gasteiger charge is -2.31. The van der Waals surface area contributed by atoms with Crippen LogP contribution in [0.3, 0.4) is 0 Å². The van der Waals surface area contributed by atoms with Gasteiger partial charge in [-0.2, -0.15) is 0 Å². The minimum absolute atomic E-state index is 0.120. The maximum Gasteiger partial charge on any atom is 0.141 e. The van der Waals surface area contributed by atoms with Gasteiger partial charge >= 0.3 is 0 Å². The summed E-state index contributed by atoms with van der Waals surface area (Å²) in [4.78, 5) is 0. The molecule has 0 aromatic carbocycles. The second-order valence-corrected chi connectivity index (χ2v) is 3.09. The first-order valence-corrected chi connectivity index (χ1v) is 3.64. The van der Waals surface area contributed by atoms with Crippen molar-refractivity contribution >= 4 is 0 Å². The molecule has 0 spiro atoms. The lowest BCUT2D eigenvalue weighted by molar-refractivity contribution is 0.0663. The van der Waals surface area contributed by atoms with Crippen molar-refractivity contribution in [2.75, 3.05) is 13.2 Å². The zero-order valence-electron chi connectivity index (χ0n) is 6.16. The fourth-order valence-electron chi connectivity index (χ4n) is 1.39. The first kappa shape index (κ1) is 7.92. The molecule has 2 unspecified atom stereocenters. The minimum Gasteiger partial charge on any atom is -0.314 e. The number of hydrogen-bond donors (Lipinski definition) is 1. The SMILES string of the molecule is CC1CC(F)(CF)CCN1. The Morgan fingerprint density at radius 2 is 2.40 bits per heavy atom. The molecule has 1 aliphatic rings. The molecule has 0 radical (unpaired) electrons. The molecule has 0 aliphatic carbocycles. The average Bonchev–Trinajstić information content (AvgIpc) is 1.88. The summed E-state index contributed by atoms with van der Waals surface area (Å²) in [5.74, 6) is 0. The van der Waals surface area contributed by atoms with E-state index in [-0.39, 0.29) is 6.04 Å². The van der Waals surface area contributed by atoms with Crippen LogP contribution < -0.4 is 5.32 Å². The van der Waals surface area contributed by atoms with E-state index in [1.54, 1.807) is 0 Å². The van der Waals surface area contributed by atoms with E-state index in [9.17, 15) is 8.78 Å². The highest BCUT2D eigenvalue weighted by Crippen LogP contribution is 2.26. The number of rotatable bonds is 1. The fourth-order valence-corrected chi connectivity index (χ4v) is 1.39. The maximum absolute atomic E-state index is 13.1. The smallest absolute Gasteiger partial charge is 0.141 e. The van der Waals surface area contributed by atoms with Crippen molar-refractivity contribution in [3.05, 3.63) is 0 Å². The van der Waals surface area contributed by atoms with Gasteiger partial charge in [0.2, 0.25) is 0 Å². The maximum atomic E-state index is 13.1. The number of hydrogen-bond acceptors (Lipinski definition) is 1. The molecule has 10 heavy (non-hydrogen) atoms. The van der Waals surface area contributed by atoms with Crippen LogP contribution in [0.1, 0.15) is 19.8 Å². The van der Waals surface area contributed by atoms with E-state index >= 15 is 0 Å². The van der Waals surface area contributed by atoms with Crippen LogP contribution in [0.15, 0.2) is 0 Å². The third kappa shape index (κ3) is 1.66. The van der Waals surface area contributed by atoms with Gasteiger partial charge in [-0.3, -0.25) is 0 Å². The first-order chi connectivity index (χ1) is 4.66. The molecule has 60 valence electrons. The van der Waals surface area contributed by atoms with E-state index < -0.39 is 12.3 Å². The summed E-state index contributed by atoms with van der Waals surface area (Å²) >= 11 is 0. The Morgan fingerprint density at radius 3 is 2.80 bits per heavy atom. The molecule has 0 aromatic heterocycles. The largest absolute Gasteiger partial charge is 0.314 e. The molecule has 1 fully saturated rings. The van der Waals surface area contributed by atoms with E-state index in [2.05, 4.69) is 5.32 Å². The summed E-state index contributed by atoms with van der Waals surface area (Å²) in [6.45, 7) is 1.64. The van der Waals surface area contributed by atoms with Crippen molar-refractivity contribution in [3.63, 3.8) is 0 Å². The van der Waals surface area contributed by atoms with Gasteiger partial charge in [-0.05, 0) is 26.3 Å². The zero-order valence-corrected chi connectivity index (χ0v) is 6.16. The van der Waals surface area contributed by atoms with Crippen molar-refractivity contribution < 1.29 is 8.78 Å². The van der Waals surface area contributed by atoms with Gasteiger partial charge in [-0.25, -0.2) is 8.78 Å². The van der Waals surface area contributed by atoms with Crippen LogP contribution >= 0.6 is 0 Å². The monoisotopic (exact) mass is 149 g/mol. The van der Waals surface area contributed by atoms with Crippen molar-refractivity contribution in [1.82, 2.24) is 5.32 Å². The molecule has 0 amide bonds. The second-order valence-electron chi connectivity index (χ2n) is 3.09. The van der Waals surface area contributed by atoms with E-state index in [4.69, 9.17) is 0 Å². The molecule has 1 aliphatic heterocycles. The summed E-state index contributed by atoms with van der Waals surface area (Å²) in [6, 6.07) is 0.120. The van der Waals surface area contributed by atoms with Gasteiger partial charge in [0.05, 0.1) is 0 Å². The predicted octanol–water partition coefficient (Wildman–Crippen LogP) is 1.44. The average molecular weight is 149 g/mol. The van der Waals surface area contributed by atoms with Gasteiger partial charge < -0.3 is 5.32 Å². The molecule has 3 heteroatoms. The highest BCUT2D eigenvalue weighted by molar-refractivity contribution is 4.88. The Hall–Kier alpha value is -0.180. The summed E-state index contributed by atoms with van der Waals surface area (Å²) in [6.07, 6.45) is 0.622. The van der Waals surface area contributed by atoms with Gasteiger partial charge in [0, 0.05) is 6.04 Å². The highest BCUT2D eigenvalue weighted by atomic mass is 19.2. The van der Waals surface area contributed by atoms with Crippen LogP contribution in [0.25, 0.3) is 0 Å². The van der Waals surface area contributed by atoms with E-state index in [1.165, 1.54) is 0 Å². The van der Waals surface area contributed by atoms with Crippen LogP contribution in [0.4, 0.5) is 8.78 Å². The van der Waals surface area contributed by atoms with Gasteiger partial charge in [0.15, 0.2) is 0 Å². The first-order valence-electron chi connectivity index (χ1n) is 3.64. The van der Waals surface area contributed by atoms with Crippen LogP contribution in [-0.4, -0.2) is 24.9 Å². The standard InChI is InChI=1S/C7H13F2N/c1-6-4-7(9,5-8)2-3-10-6/h6,10H,2-5H2,1H3. The molecule has 1 N–H and O–H groups in total. The van der Waals surface area contributed by atoms with Crippen LogP contribution in [0, 0.1) is 0 Å². The molecule has 0 bridgehead atoms. The van der Waals surface area contributed by atoms with E-state index in [0.29, 0.717) is 19.4 Å². The molecule has 1 rings (SSSR count). The quantitative estimate of drug-likeness (QED) is 0.594. The molecule has 1 heterocycles. The normalized spacial score (nSPS) is 41.7. The van der Waals surface area contributed by atoms with Gasteiger partial charge in [0.1, 0.15) is 12.3 Å². The molecule has 2 atom stereocenters. The molecule has 0 saturated carbocycles. The lowest BCUT2D eigenvalue weighted by Crippen LogP contribution is -2.45. The second kappa shape index (κ2) is 2.82. The lowest BCUT2D eigenvalue weighted by atomic mass is 9.91. The van der Waals surface area contributed by atoms with Gasteiger partial charge in [0.25, 0.3) is 0 Å². The van der Waals surface area contributed by atoms with E-state index in [0.717, 1.165) is 0 Å². The molecular weight excluding hydrogens is 136 g/mol. The van der Waals surface area contributed by atoms with Crippen molar-refractivity contribution in [1.29, 1.82) is 0 Å². The molecule has 0 aromatic rings. The fraction of sp³-hybridized carbons (Fsp3) is 1.00. The van der Waals surface area contributed by atoms with Crippen molar-refractivity contribution in [2.24, 2.45) is 0 Å². The number of nitrogens with one attached hydrogen (secondary N) is 1. The summed E-state index contributed by atoms with van der Waals surface area (Å²) < 4.78 is 25.2. The Bertz CT molecular complexity index is 118. The zero-order chi connectivity index (χ0) is 7.61. The Morgan fingerprint density at radius 1 is 1.70 bits per heavy atom. The van der Waals surface area contributed by atoms with E-state index in [1.807, 2.05) is 6.92 Å². The van der Waals surface area contributed by atoms with Crippen LogP contribution in [-0.2, 0) is 0 Å². The third-order valence-corrected chi connectivity index (χ3v) is 1.98. The Balaban J connectivity index is 2.45. The van der Waals surface area contributed by atoms with Crippen molar-refractivity contribution in [2.45, 2.75) is 31.5 Å². The van der Waals surface area contributed by atoms with Gasteiger partial charge in [-0.1, -0.05) is 0 Å². The minimum atomic E-state index is -1.54. The molecular formula is C7H13F2N. The highest BCUT2D eigenvalue weighted by Gasteiger charge is 2.34. The number of halogens is 2. The Kier molecular flexibility index (Phi) is 2.24. The Labute approximate surface area is 59.8 Å². The van der Waals surface area contributed by atoms with Gasteiger partial charge in [-0.15, -0.1) is 0 Å². The molecule has 1 nitrogen and oxygen atoms in total. The summed E-state index contributed by atoms with van der Waals surface area (Å²) in [7, 11) is 0.